The summed E-state index contributed by atoms with van der Waals surface area (Å²) in [7, 11) is 0. The summed E-state index contributed by atoms with van der Waals surface area (Å²) in [6.07, 6.45) is 1.56. The molecule has 2 aromatic rings. The third-order valence-electron chi connectivity index (χ3n) is 2.80. The molecule has 0 saturated carbocycles. The third-order valence-corrected chi connectivity index (χ3v) is 3.57. The second kappa shape index (κ2) is 6.34. The third kappa shape index (κ3) is 3.32. The van der Waals surface area contributed by atoms with E-state index in [0.29, 0.717) is 12.1 Å². The molecule has 0 fully saturated rings. The lowest BCUT2D eigenvalue weighted by molar-refractivity contribution is 0.0814. The molecule has 0 bridgehead atoms. The van der Waals surface area contributed by atoms with Crippen LogP contribution in [-0.4, -0.2) is 10.8 Å². The van der Waals surface area contributed by atoms with Crippen LogP contribution in [0.3, 0.4) is 0 Å². The van der Waals surface area contributed by atoms with Gasteiger partial charge < -0.3 is 4.90 Å². The quantitative estimate of drug-likeness (QED) is 0.826. The van der Waals surface area contributed by atoms with E-state index in [2.05, 4.69) is 22.5 Å². The molecule has 3 heteroatoms. The summed E-state index contributed by atoms with van der Waals surface area (Å²) in [5.74, 6) is -0.0497. The van der Waals surface area contributed by atoms with Crippen molar-refractivity contribution in [2.45, 2.75) is 6.54 Å². The van der Waals surface area contributed by atoms with E-state index in [4.69, 9.17) is 0 Å². The predicted molar refractivity (Wildman–Crippen MR) is 80.7 cm³/mol. The number of hydrogen-bond donors (Lipinski definition) is 0. The Balaban J connectivity index is 2.20. The van der Waals surface area contributed by atoms with Crippen LogP contribution >= 0.6 is 15.9 Å². The molecule has 96 valence electrons. The van der Waals surface area contributed by atoms with Crippen molar-refractivity contribution >= 4 is 21.8 Å². The van der Waals surface area contributed by atoms with Gasteiger partial charge in [0.05, 0.1) is 6.54 Å². The SMILES string of the molecule is C=CN(Cc1ccccc1Br)C(=O)c1ccccc1. The Morgan fingerprint density at radius 3 is 2.37 bits per heavy atom. The smallest absolute Gasteiger partial charge is 0.258 e. The molecular formula is C16H14BrNO. The Hall–Kier alpha value is -1.87. The zero-order chi connectivity index (χ0) is 13.7. The second-order valence-corrected chi connectivity index (χ2v) is 4.93. The highest BCUT2D eigenvalue weighted by Crippen LogP contribution is 2.19. The van der Waals surface area contributed by atoms with Gasteiger partial charge in [-0.25, -0.2) is 0 Å². The van der Waals surface area contributed by atoms with Gasteiger partial charge in [0.25, 0.3) is 5.91 Å². The monoisotopic (exact) mass is 315 g/mol. The van der Waals surface area contributed by atoms with E-state index in [1.54, 1.807) is 23.2 Å². The molecule has 0 aliphatic heterocycles. The minimum absolute atomic E-state index is 0.0497. The Morgan fingerprint density at radius 2 is 1.74 bits per heavy atom. The summed E-state index contributed by atoms with van der Waals surface area (Å²) in [5.41, 5.74) is 1.71. The van der Waals surface area contributed by atoms with Crippen LogP contribution in [0.5, 0.6) is 0 Å². The maximum atomic E-state index is 12.3. The first kappa shape index (κ1) is 13.6. The molecule has 0 atom stereocenters. The Kier molecular flexibility index (Phi) is 4.53. The lowest BCUT2D eigenvalue weighted by atomic mass is 10.1. The Labute approximate surface area is 121 Å². The van der Waals surface area contributed by atoms with E-state index in [9.17, 15) is 4.79 Å². The molecule has 2 rings (SSSR count). The van der Waals surface area contributed by atoms with Crippen LogP contribution in [0.25, 0.3) is 0 Å². The standard InChI is InChI=1S/C16H14BrNO/c1-2-18(12-14-10-6-7-11-15(14)17)16(19)13-8-4-3-5-9-13/h2-11H,1,12H2. The number of amides is 1. The van der Waals surface area contributed by atoms with E-state index in [1.165, 1.54) is 0 Å². The first-order valence-corrected chi connectivity index (χ1v) is 6.73. The number of carbonyl (C=O) groups excluding carboxylic acids is 1. The maximum Gasteiger partial charge on any atom is 0.258 e. The summed E-state index contributed by atoms with van der Waals surface area (Å²) in [6, 6.07) is 17.1. The second-order valence-electron chi connectivity index (χ2n) is 4.07. The van der Waals surface area contributed by atoms with Crippen LogP contribution in [-0.2, 0) is 6.54 Å². The number of hydrogen-bond acceptors (Lipinski definition) is 1. The summed E-state index contributed by atoms with van der Waals surface area (Å²) in [4.78, 5) is 13.9. The zero-order valence-corrected chi connectivity index (χ0v) is 12.0. The normalized spacial score (nSPS) is 9.95. The summed E-state index contributed by atoms with van der Waals surface area (Å²) >= 11 is 3.49. The van der Waals surface area contributed by atoms with Crippen LogP contribution in [0.4, 0.5) is 0 Å². The van der Waals surface area contributed by atoms with Crippen molar-refractivity contribution in [1.29, 1.82) is 0 Å². The lowest BCUT2D eigenvalue weighted by Gasteiger charge is -2.19. The molecule has 2 aromatic carbocycles. The number of carbonyl (C=O) groups is 1. The Bertz CT molecular complexity index is 580. The molecule has 0 spiro atoms. The topological polar surface area (TPSA) is 20.3 Å². The van der Waals surface area contributed by atoms with Crippen LogP contribution < -0.4 is 0 Å². The van der Waals surface area contributed by atoms with E-state index in [1.807, 2.05) is 42.5 Å². The van der Waals surface area contributed by atoms with E-state index < -0.39 is 0 Å². The van der Waals surface area contributed by atoms with Crippen molar-refractivity contribution < 1.29 is 4.79 Å². The molecule has 0 radical (unpaired) electrons. The van der Waals surface area contributed by atoms with Gasteiger partial charge in [0, 0.05) is 16.2 Å². The van der Waals surface area contributed by atoms with Gasteiger partial charge in [-0.1, -0.05) is 58.9 Å². The first-order chi connectivity index (χ1) is 9.22. The number of halogens is 1. The van der Waals surface area contributed by atoms with Crippen molar-refractivity contribution in [3.8, 4) is 0 Å². The molecule has 0 heterocycles. The van der Waals surface area contributed by atoms with Crippen molar-refractivity contribution in [1.82, 2.24) is 4.90 Å². The number of benzene rings is 2. The van der Waals surface area contributed by atoms with Gasteiger partial charge in [-0.2, -0.15) is 0 Å². The average Bonchev–Trinajstić information content (AvgIpc) is 2.47. The van der Waals surface area contributed by atoms with E-state index in [0.717, 1.165) is 10.0 Å². The van der Waals surface area contributed by atoms with Gasteiger partial charge in [0.1, 0.15) is 0 Å². The molecule has 0 aromatic heterocycles. The van der Waals surface area contributed by atoms with E-state index >= 15 is 0 Å². The van der Waals surface area contributed by atoms with Crippen molar-refractivity contribution in [2.24, 2.45) is 0 Å². The van der Waals surface area contributed by atoms with Crippen LogP contribution in [0.1, 0.15) is 15.9 Å². The summed E-state index contributed by atoms with van der Waals surface area (Å²) in [5, 5.41) is 0. The van der Waals surface area contributed by atoms with E-state index in [-0.39, 0.29) is 5.91 Å². The molecule has 0 N–H and O–H groups in total. The first-order valence-electron chi connectivity index (χ1n) is 5.94. The largest absolute Gasteiger partial charge is 0.311 e. The Morgan fingerprint density at radius 1 is 1.11 bits per heavy atom. The average molecular weight is 316 g/mol. The molecule has 2 nitrogen and oxygen atoms in total. The fourth-order valence-corrected chi connectivity index (χ4v) is 2.19. The van der Waals surface area contributed by atoms with Crippen LogP contribution in [0.15, 0.2) is 71.8 Å². The fraction of sp³-hybridized carbons (Fsp3) is 0.0625. The van der Waals surface area contributed by atoms with Crippen molar-refractivity contribution in [3.05, 3.63) is 83.0 Å². The highest BCUT2D eigenvalue weighted by atomic mass is 79.9. The minimum Gasteiger partial charge on any atom is -0.311 e. The van der Waals surface area contributed by atoms with Gasteiger partial charge >= 0.3 is 0 Å². The lowest BCUT2D eigenvalue weighted by Crippen LogP contribution is -2.25. The zero-order valence-electron chi connectivity index (χ0n) is 10.4. The molecule has 0 unspecified atom stereocenters. The molecular weight excluding hydrogens is 302 g/mol. The highest BCUT2D eigenvalue weighted by molar-refractivity contribution is 9.10. The van der Waals surface area contributed by atoms with Crippen LogP contribution in [0.2, 0.25) is 0 Å². The minimum atomic E-state index is -0.0497. The molecule has 1 amide bonds. The number of rotatable bonds is 4. The fourth-order valence-electron chi connectivity index (χ4n) is 1.78. The molecule has 0 aliphatic carbocycles. The summed E-state index contributed by atoms with van der Waals surface area (Å²) in [6.45, 7) is 4.22. The van der Waals surface area contributed by atoms with Gasteiger partial charge in [0.2, 0.25) is 0 Å². The van der Waals surface area contributed by atoms with Crippen LogP contribution in [0, 0.1) is 0 Å². The molecule has 19 heavy (non-hydrogen) atoms. The molecule has 0 aliphatic rings. The van der Waals surface area contributed by atoms with Gasteiger partial charge in [0.15, 0.2) is 0 Å². The summed E-state index contributed by atoms with van der Waals surface area (Å²) < 4.78 is 0.989. The number of nitrogens with zero attached hydrogens (tertiary/aromatic N) is 1. The van der Waals surface area contributed by atoms with Gasteiger partial charge in [-0.05, 0) is 23.8 Å². The predicted octanol–water partition coefficient (Wildman–Crippen LogP) is 4.24. The highest BCUT2D eigenvalue weighted by Gasteiger charge is 2.13. The maximum absolute atomic E-state index is 12.3. The van der Waals surface area contributed by atoms with Crippen molar-refractivity contribution in [2.75, 3.05) is 0 Å². The molecule has 0 saturated heterocycles. The van der Waals surface area contributed by atoms with Gasteiger partial charge in [-0.15, -0.1) is 0 Å². The van der Waals surface area contributed by atoms with Crippen molar-refractivity contribution in [3.63, 3.8) is 0 Å². The van der Waals surface area contributed by atoms with Gasteiger partial charge in [-0.3, -0.25) is 4.79 Å².